The zero-order valence-electron chi connectivity index (χ0n) is 14.1. The molecule has 0 unspecified atom stereocenters. The summed E-state index contributed by atoms with van der Waals surface area (Å²) in [6, 6.07) is 10.2. The van der Waals surface area contributed by atoms with E-state index in [1.54, 1.807) is 23.1 Å². The third-order valence-corrected chi connectivity index (χ3v) is 6.29. The average Bonchev–Trinajstić information content (AvgIpc) is 2.99. The summed E-state index contributed by atoms with van der Waals surface area (Å²) in [6.07, 6.45) is 3.35. The molecule has 124 valence electrons. The van der Waals surface area contributed by atoms with Gasteiger partial charge in [-0.05, 0) is 17.7 Å². The highest BCUT2D eigenvalue weighted by Gasteiger charge is 2.27. The first-order valence-electron chi connectivity index (χ1n) is 8.20. The van der Waals surface area contributed by atoms with E-state index in [9.17, 15) is 0 Å². The van der Waals surface area contributed by atoms with Crippen LogP contribution in [0.4, 0.5) is 0 Å². The summed E-state index contributed by atoms with van der Waals surface area (Å²) < 4.78 is 6.04. The molecule has 1 aliphatic heterocycles. The van der Waals surface area contributed by atoms with E-state index in [-0.39, 0.29) is 0 Å². The standard InChI is InChI=1S/C19H20N2OS2/c1-11(2)14-9-13-15(10-22-14)24-19-16(13)18(23-3)20-17(21-19)12-7-5-4-6-8-12/h4-8,11,14H,9-10H2,1-3H3/t14-/m0/s1. The van der Waals surface area contributed by atoms with Crippen LogP contribution in [0.25, 0.3) is 21.6 Å². The Bertz CT molecular complexity index is 874. The number of rotatable bonds is 3. The Balaban J connectivity index is 1.87. The molecule has 0 fully saturated rings. The van der Waals surface area contributed by atoms with E-state index in [2.05, 4.69) is 32.2 Å². The predicted molar refractivity (Wildman–Crippen MR) is 102 cm³/mol. The molecule has 4 rings (SSSR count). The van der Waals surface area contributed by atoms with Gasteiger partial charge in [-0.25, -0.2) is 9.97 Å². The van der Waals surface area contributed by atoms with Crippen LogP contribution in [0.1, 0.15) is 24.3 Å². The van der Waals surface area contributed by atoms with Crippen LogP contribution in [0.5, 0.6) is 0 Å². The van der Waals surface area contributed by atoms with E-state index in [0.29, 0.717) is 18.6 Å². The zero-order valence-corrected chi connectivity index (χ0v) is 15.7. The van der Waals surface area contributed by atoms with Gasteiger partial charge in [-0.1, -0.05) is 44.2 Å². The van der Waals surface area contributed by atoms with Gasteiger partial charge in [-0.3, -0.25) is 0 Å². The van der Waals surface area contributed by atoms with Crippen molar-refractivity contribution in [2.45, 2.75) is 38.0 Å². The van der Waals surface area contributed by atoms with Gasteiger partial charge in [0.1, 0.15) is 9.86 Å². The van der Waals surface area contributed by atoms with Crippen LogP contribution in [0.2, 0.25) is 0 Å². The summed E-state index contributed by atoms with van der Waals surface area (Å²) in [5.74, 6) is 1.34. The molecule has 0 amide bonds. The Hall–Kier alpha value is -1.43. The summed E-state index contributed by atoms with van der Waals surface area (Å²) in [5, 5.41) is 2.33. The molecule has 0 spiro atoms. The summed E-state index contributed by atoms with van der Waals surface area (Å²) in [6.45, 7) is 5.15. The van der Waals surface area contributed by atoms with E-state index in [4.69, 9.17) is 14.7 Å². The minimum absolute atomic E-state index is 0.291. The summed E-state index contributed by atoms with van der Waals surface area (Å²) in [7, 11) is 0. The van der Waals surface area contributed by atoms with Crippen LogP contribution in [-0.4, -0.2) is 22.3 Å². The first-order valence-corrected chi connectivity index (χ1v) is 10.2. The maximum absolute atomic E-state index is 6.04. The molecule has 0 saturated heterocycles. The van der Waals surface area contributed by atoms with E-state index in [1.165, 1.54) is 15.8 Å². The Morgan fingerprint density at radius 1 is 1.21 bits per heavy atom. The molecule has 1 aliphatic rings. The SMILES string of the molecule is CSc1nc(-c2ccccc2)nc2sc3c(c12)C[C@@H](C(C)C)OC3. The predicted octanol–water partition coefficient (Wildman–Crippen LogP) is 5.18. The molecule has 0 saturated carbocycles. The van der Waals surface area contributed by atoms with Gasteiger partial charge in [0.2, 0.25) is 0 Å². The van der Waals surface area contributed by atoms with Crippen molar-refractivity contribution >= 4 is 33.3 Å². The lowest BCUT2D eigenvalue weighted by atomic mass is 9.96. The van der Waals surface area contributed by atoms with Gasteiger partial charge in [0.15, 0.2) is 5.82 Å². The van der Waals surface area contributed by atoms with E-state index >= 15 is 0 Å². The number of aromatic nitrogens is 2. The normalized spacial score (nSPS) is 17.4. The second-order valence-corrected chi connectivity index (χ2v) is 8.28. The summed E-state index contributed by atoms with van der Waals surface area (Å²) >= 11 is 3.47. The third-order valence-electron chi connectivity index (χ3n) is 4.50. The maximum atomic E-state index is 6.04. The quantitative estimate of drug-likeness (QED) is 0.478. The smallest absolute Gasteiger partial charge is 0.162 e. The second-order valence-electron chi connectivity index (χ2n) is 6.40. The number of hydrogen-bond donors (Lipinski definition) is 0. The topological polar surface area (TPSA) is 35.0 Å². The molecule has 0 radical (unpaired) electrons. The molecular weight excluding hydrogens is 336 g/mol. The molecule has 0 aliphatic carbocycles. The Labute approximate surface area is 150 Å². The van der Waals surface area contributed by atoms with Crippen LogP contribution < -0.4 is 0 Å². The first kappa shape index (κ1) is 16.1. The van der Waals surface area contributed by atoms with Crippen LogP contribution in [0, 0.1) is 5.92 Å². The van der Waals surface area contributed by atoms with Crippen LogP contribution in [-0.2, 0) is 17.8 Å². The Morgan fingerprint density at radius 3 is 2.71 bits per heavy atom. The molecule has 1 aromatic carbocycles. The van der Waals surface area contributed by atoms with Gasteiger partial charge < -0.3 is 4.74 Å². The molecular formula is C19H20N2OS2. The number of nitrogens with zero attached hydrogens (tertiary/aromatic N) is 2. The monoisotopic (exact) mass is 356 g/mol. The van der Waals surface area contributed by atoms with E-state index in [1.807, 2.05) is 18.2 Å². The van der Waals surface area contributed by atoms with Crippen LogP contribution >= 0.6 is 23.1 Å². The van der Waals surface area contributed by atoms with Crippen LogP contribution in [0.15, 0.2) is 35.4 Å². The van der Waals surface area contributed by atoms with Crippen molar-refractivity contribution in [1.82, 2.24) is 9.97 Å². The van der Waals surface area contributed by atoms with Crippen molar-refractivity contribution in [3.63, 3.8) is 0 Å². The number of fused-ring (bicyclic) bond motifs is 3. The van der Waals surface area contributed by atoms with Crippen molar-refractivity contribution < 1.29 is 4.74 Å². The minimum Gasteiger partial charge on any atom is -0.372 e. The van der Waals surface area contributed by atoms with E-state index in [0.717, 1.165) is 27.7 Å². The second kappa shape index (κ2) is 6.47. The number of ether oxygens (including phenoxy) is 1. The highest BCUT2D eigenvalue weighted by atomic mass is 32.2. The van der Waals surface area contributed by atoms with Crippen molar-refractivity contribution in [1.29, 1.82) is 0 Å². The molecule has 3 heterocycles. The summed E-state index contributed by atoms with van der Waals surface area (Å²) in [5.41, 5.74) is 2.47. The van der Waals surface area contributed by atoms with Gasteiger partial charge in [0.05, 0.1) is 12.7 Å². The molecule has 2 aromatic heterocycles. The van der Waals surface area contributed by atoms with Crippen molar-refractivity contribution in [2.75, 3.05) is 6.26 Å². The van der Waals surface area contributed by atoms with Gasteiger partial charge in [0, 0.05) is 22.2 Å². The third kappa shape index (κ3) is 2.75. The van der Waals surface area contributed by atoms with Gasteiger partial charge in [0.25, 0.3) is 0 Å². The lowest BCUT2D eigenvalue weighted by Gasteiger charge is -2.26. The average molecular weight is 357 g/mol. The number of thiophene rings is 1. The Morgan fingerprint density at radius 2 is 2.00 bits per heavy atom. The van der Waals surface area contributed by atoms with Crippen molar-refractivity contribution in [3.8, 4) is 11.4 Å². The lowest BCUT2D eigenvalue weighted by molar-refractivity contribution is 0.00199. The van der Waals surface area contributed by atoms with Gasteiger partial charge >= 0.3 is 0 Å². The summed E-state index contributed by atoms with van der Waals surface area (Å²) in [4.78, 5) is 12.1. The van der Waals surface area contributed by atoms with Crippen molar-refractivity contribution in [2.24, 2.45) is 5.92 Å². The molecule has 5 heteroatoms. The zero-order chi connectivity index (χ0) is 16.7. The molecule has 24 heavy (non-hydrogen) atoms. The number of hydrogen-bond acceptors (Lipinski definition) is 5. The van der Waals surface area contributed by atoms with Crippen LogP contribution in [0.3, 0.4) is 0 Å². The number of benzene rings is 1. The maximum Gasteiger partial charge on any atom is 0.162 e. The highest BCUT2D eigenvalue weighted by molar-refractivity contribution is 7.98. The van der Waals surface area contributed by atoms with E-state index < -0.39 is 0 Å². The molecule has 3 nitrogen and oxygen atoms in total. The fourth-order valence-electron chi connectivity index (χ4n) is 3.14. The van der Waals surface area contributed by atoms with Gasteiger partial charge in [-0.15, -0.1) is 23.1 Å². The molecule has 1 atom stereocenters. The highest BCUT2D eigenvalue weighted by Crippen LogP contribution is 2.40. The number of thioether (sulfide) groups is 1. The molecule has 0 bridgehead atoms. The lowest BCUT2D eigenvalue weighted by Crippen LogP contribution is -2.26. The van der Waals surface area contributed by atoms with Gasteiger partial charge in [-0.2, -0.15) is 0 Å². The first-order chi connectivity index (χ1) is 11.7. The Kier molecular flexibility index (Phi) is 4.33. The van der Waals surface area contributed by atoms with Crippen molar-refractivity contribution in [3.05, 3.63) is 40.8 Å². The fraction of sp³-hybridized carbons (Fsp3) is 0.368. The molecule has 3 aromatic rings. The molecule has 0 N–H and O–H groups in total. The largest absolute Gasteiger partial charge is 0.372 e. The minimum atomic E-state index is 0.291. The fourth-order valence-corrected chi connectivity index (χ4v) is 4.93.